The summed E-state index contributed by atoms with van der Waals surface area (Å²) in [6.45, 7) is 2.07. The number of aryl methyl sites for hydroxylation is 1. The third kappa shape index (κ3) is 4.21. The lowest BCUT2D eigenvalue weighted by atomic mass is 10.0. The quantitative estimate of drug-likeness (QED) is 0.449. The number of anilines is 1. The minimum absolute atomic E-state index is 0.280. The highest BCUT2D eigenvalue weighted by atomic mass is 32.1. The number of Topliss-reactive ketones (excluding diaryl/α,β-unsaturated/α-hetero) is 1. The predicted octanol–water partition coefficient (Wildman–Crippen LogP) is 4.99. The molecule has 0 amide bonds. The lowest BCUT2D eigenvalue weighted by molar-refractivity contribution is -0.118. The van der Waals surface area contributed by atoms with Gasteiger partial charge in [0.15, 0.2) is 0 Å². The first-order chi connectivity index (χ1) is 15.2. The highest BCUT2D eigenvalue weighted by Crippen LogP contribution is 2.36. The van der Waals surface area contributed by atoms with Crippen LogP contribution in [-0.4, -0.2) is 36.9 Å². The van der Waals surface area contributed by atoms with Crippen molar-refractivity contribution in [3.05, 3.63) is 71.1 Å². The Morgan fingerprint density at radius 1 is 1.13 bits per heavy atom. The van der Waals surface area contributed by atoms with E-state index in [2.05, 4.69) is 46.9 Å². The fourth-order valence-electron chi connectivity index (χ4n) is 4.49. The number of nitrogens with one attached hydrogen (secondary N) is 1. The van der Waals surface area contributed by atoms with E-state index >= 15 is 0 Å². The molecule has 0 aliphatic carbocycles. The summed E-state index contributed by atoms with van der Waals surface area (Å²) < 4.78 is 1.30. The van der Waals surface area contributed by atoms with E-state index in [-0.39, 0.29) is 5.78 Å². The summed E-state index contributed by atoms with van der Waals surface area (Å²) in [5.74, 6) is 1.34. The maximum atomic E-state index is 12.5. The van der Waals surface area contributed by atoms with Gasteiger partial charge in [-0.1, -0.05) is 42.5 Å². The normalized spacial score (nSPS) is 16.2. The van der Waals surface area contributed by atoms with E-state index in [1.54, 1.807) is 11.3 Å². The van der Waals surface area contributed by atoms with Gasteiger partial charge in [0.1, 0.15) is 11.6 Å². The van der Waals surface area contributed by atoms with Gasteiger partial charge in [-0.05, 0) is 48.0 Å². The second kappa shape index (κ2) is 8.77. The SMILES string of the molecule is CN(c1nc2cc(CCC(=O)Cc3ccccc3)ccc2c2sccc12)C1CCNC1. The van der Waals surface area contributed by atoms with Crippen LogP contribution >= 0.6 is 11.3 Å². The summed E-state index contributed by atoms with van der Waals surface area (Å²) in [7, 11) is 2.16. The predicted molar refractivity (Wildman–Crippen MR) is 130 cm³/mol. The second-order valence-corrected chi connectivity index (χ2v) is 9.33. The fraction of sp³-hybridized carbons (Fsp3) is 0.308. The highest BCUT2D eigenvalue weighted by Gasteiger charge is 2.23. The largest absolute Gasteiger partial charge is 0.355 e. The number of carbonyl (C=O) groups is 1. The van der Waals surface area contributed by atoms with Gasteiger partial charge in [-0.25, -0.2) is 4.98 Å². The number of fused-ring (bicyclic) bond motifs is 3. The van der Waals surface area contributed by atoms with Crippen molar-refractivity contribution in [2.75, 3.05) is 25.0 Å². The van der Waals surface area contributed by atoms with Gasteiger partial charge in [-0.2, -0.15) is 0 Å². The number of aromatic nitrogens is 1. The number of nitrogens with zero attached hydrogens (tertiary/aromatic N) is 2. The molecule has 1 N–H and O–H groups in total. The van der Waals surface area contributed by atoms with E-state index in [0.29, 0.717) is 18.9 Å². The zero-order valence-corrected chi connectivity index (χ0v) is 18.6. The van der Waals surface area contributed by atoms with Crippen molar-refractivity contribution in [3.8, 4) is 0 Å². The number of pyridine rings is 1. The molecule has 1 unspecified atom stereocenters. The Balaban J connectivity index is 1.39. The van der Waals surface area contributed by atoms with Crippen LogP contribution in [0.3, 0.4) is 0 Å². The molecule has 31 heavy (non-hydrogen) atoms. The van der Waals surface area contributed by atoms with Crippen molar-refractivity contribution in [3.63, 3.8) is 0 Å². The number of hydrogen-bond acceptors (Lipinski definition) is 5. The summed E-state index contributed by atoms with van der Waals surface area (Å²) in [6.07, 6.45) is 2.96. The molecule has 2 aromatic carbocycles. The van der Waals surface area contributed by atoms with Crippen LogP contribution in [-0.2, 0) is 17.6 Å². The third-order valence-electron chi connectivity index (χ3n) is 6.29. The van der Waals surface area contributed by atoms with Gasteiger partial charge in [0.2, 0.25) is 0 Å². The van der Waals surface area contributed by atoms with Crippen molar-refractivity contribution >= 4 is 43.9 Å². The molecular formula is C26H27N3OS. The summed E-state index contributed by atoms with van der Waals surface area (Å²) >= 11 is 1.78. The maximum absolute atomic E-state index is 12.5. The molecule has 1 fully saturated rings. The molecule has 3 heterocycles. The molecule has 5 rings (SSSR count). The Kier molecular flexibility index (Phi) is 5.70. The maximum Gasteiger partial charge on any atom is 0.138 e. The molecule has 0 radical (unpaired) electrons. The summed E-state index contributed by atoms with van der Waals surface area (Å²) in [5, 5.41) is 8.05. The van der Waals surface area contributed by atoms with E-state index < -0.39 is 0 Å². The molecule has 4 aromatic rings. The van der Waals surface area contributed by atoms with E-state index in [0.717, 1.165) is 42.8 Å². The van der Waals surface area contributed by atoms with Gasteiger partial charge in [0.25, 0.3) is 0 Å². The lowest BCUT2D eigenvalue weighted by Gasteiger charge is -2.26. The number of thiophene rings is 1. The van der Waals surface area contributed by atoms with Gasteiger partial charge in [-0.3, -0.25) is 4.79 Å². The van der Waals surface area contributed by atoms with Crippen molar-refractivity contribution in [2.45, 2.75) is 31.7 Å². The van der Waals surface area contributed by atoms with Gasteiger partial charge < -0.3 is 10.2 Å². The average molecular weight is 430 g/mol. The Bertz CT molecular complexity index is 1210. The second-order valence-electron chi connectivity index (χ2n) is 8.41. The number of rotatable bonds is 7. The highest BCUT2D eigenvalue weighted by molar-refractivity contribution is 7.18. The molecule has 1 aliphatic heterocycles. The Morgan fingerprint density at radius 2 is 2.00 bits per heavy atom. The summed E-state index contributed by atoms with van der Waals surface area (Å²) in [4.78, 5) is 19.9. The van der Waals surface area contributed by atoms with Gasteiger partial charge in [0, 0.05) is 47.9 Å². The number of carbonyl (C=O) groups excluding carboxylic acids is 1. The molecule has 1 saturated heterocycles. The van der Waals surface area contributed by atoms with Crippen LogP contribution in [0.4, 0.5) is 5.82 Å². The van der Waals surface area contributed by atoms with Crippen LogP contribution in [0.2, 0.25) is 0 Å². The van der Waals surface area contributed by atoms with Gasteiger partial charge >= 0.3 is 0 Å². The molecule has 0 saturated carbocycles. The first-order valence-electron chi connectivity index (χ1n) is 11.0. The van der Waals surface area contributed by atoms with Crippen LogP contribution in [0.1, 0.15) is 24.0 Å². The fourth-order valence-corrected chi connectivity index (χ4v) is 5.42. The smallest absolute Gasteiger partial charge is 0.138 e. The summed E-state index contributed by atoms with van der Waals surface area (Å²) in [5.41, 5.74) is 3.28. The molecule has 1 atom stereocenters. The molecule has 0 spiro atoms. The number of benzene rings is 2. The van der Waals surface area contributed by atoms with E-state index in [4.69, 9.17) is 4.98 Å². The van der Waals surface area contributed by atoms with Gasteiger partial charge in [0.05, 0.1) is 5.52 Å². The Morgan fingerprint density at radius 3 is 2.81 bits per heavy atom. The number of hydrogen-bond donors (Lipinski definition) is 1. The molecule has 5 heteroatoms. The minimum atomic E-state index is 0.280. The minimum Gasteiger partial charge on any atom is -0.355 e. The van der Waals surface area contributed by atoms with Crippen molar-refractivity contribution < 1.29 is 4.79 Å². The molecule has 2 aromatic heterocycles. The molecule has 1 aliphatic rings. The van der Waals surface area contributed by atoms with E-state index in [1.165, 1.54) is 21.0 Å². The monoisotopic (exact) mass is 429 g/mol. The zero-order valence-electron chi connectivity index (χ0n) is 17.8. The van der Waals surface area contributed by atoms with Crippen LogP contribution in [0.25, 0.3) is 21.0 Å². The third-order valence-corrected chi connectivity index (χ3v) is 7.24. The van der Waals surface area contributed by atoms with Crippen LogP contribution in [0.5, 0.6) is 0 Å². The first kappa shape index (κ1) is 20.2. The summed E-state index contributed by atoms with van der Waals surface area (Å²) in [6, 6.07) is 19.2. The van der Waals surface area contributed by atoms with Crippen LogP contribution in [0, 0.1) is 0 Å². The molecule has 0 bridgehead atoms. The lowest BCUT2D eigenvalue weighted by Crippen LogP contribution is -2.34. The van der Waals surface area contributed by atoms with E-state index in [1.807, 2.05) is 30.3 Å². The Hall–Kier alpha value is -2.76. The van der Waals surface area contributed by atoms with Crippen LogP contribution < -0.4 is 10.2 Å². The number of ketones is 1. The molecule has 4 nitrogen and oxygen atoms in total. The van der Waals surface area contributed by atoms with Gasteiger partial charge in [-0.15, -0.1) is 11.3 Å². The van der Waals surface area contributed by atoms with Crippen molar-refractivity contribution in [2.24, 2.45) is 0 Å². The van der Waals surface area contributed by atoms with Crippen molar-refractivity contribution in [1.82, 2.24) is 10.3 Å². The zero-order chi connectivity index (χ0) is 21.2. The molecule has 158 valence electrons. The van der Waals surface area contributed by atoms with Crippen molar-refractivity contribution in [1.29, 1.82) is 0 Å². The standard InChI is InChI=1S/C26H27N3OS/c1-29(20-11-13-27-17-20)26-23-12-14-31-25(23)22-10-8-19(16-24(22)28-26)7-9-21(30)15-18-5-3-2-4-6-18/h2-6,8,10,12,14,16,20,27H,7,9,11,13,15,17H2,1H3. The first-order valence-corrected chi connectivity index (χ1v) is 11.9. The van der Waals surface area contributed by atoms with E-state index in [9.17, 15) is 4.79 Å². The average Bonchev–Trinajstić information content (AvgIpc) is 3.49. The molecular weight excluding hydrogens is 402 g/mol. The van der Waals surface area contributed by atoms with Crippen LogP contribution in [0.15, 0.2) is 60.0 Å². The topological polar surface area (TPSA) is 45.2 Å². The Labute approximate surface area is 186 Å². The number of likely N-dealkylation sites (N-methyl/N-ethyl adjacent to an activating group) is 1.